The van der Waals surface area contributed by atoms with Crippen molar-refractivity contribution < 1.29 is 9.53 Å². The number of rotatable bonds is 13. The van der Waals surface area contributed by atoms with Gasteiger partial charge in [0, 0.05) is 0 Å². The summed E-state index contributed by atoms with van der Waals surface area (Å²) in [5.41, 5.74) is 3.35. The van der Waals surface area contributed by atoms with E-state index in [4.69, 9.17) is 4.74 Å². The number of unbranched alkanes of at least 4 members (excludes halogenated alkanes) is 5. The molecule has 1 aliphatic carbocycles. The minimum Gasteiger partial charge on any atom is -0.424 e. The number of aryl methyl sites for hydroxylation is 2. The van der Waals surface area contributed by atoms with Gasteiger partial charge in [-0.2, -0.15) is 5.26 Å². The standard InChI is InChI=1S/C33H45NO2/c1-4-5-6-7-8-10-13-28-18-21-31(29(24-28)25-34)36-32(35)33(22-11-9-12-23-33)30-19-16-27(17-20-30)15-14-26(2)3/h16-21,24,26H,4-15,22-23H2,1-3H3. The molecule has 1 fully saturated rings. The second kappa shape index (κ2) is 14.2. The topological polar surface area (TPSA) is 50.1 Å². The van der Waals surface area contributed by atoms with Crippen LogP contribution < -0.4 is 4.74 Å². The van der Waals surface area contributed by atoms with Crippen molar-refractivity contribution in [2.45, 2.75) is 116 Å². The third kappa shape index (κ3) is 7.70. The third-order valence-electron chi connectivity index (χ3n) is 7.80. The van der Waals surface area contributed by atoms with Gasteiger partial charge in [-0.05, 0) is 73.3 Å². The summed E-state index contributed by atoms with van der Waals surface area (Å²) in [5, 5.41) is 9.79. The molecule has 0 bridgehead atoms. The molecule has 2 aromatic rings. The van der Waals surface area contributed by atoms with Crippen molar-refractivity contribution in [3.05, 3.63) is 64.7 Å². The van der Waals surface area contributed by atoms with E-state index >= 15 is 0 Å². The van der Waals surface area contributed by atoms with Crippen LogP contribution >= 0.6 is 0 Å². The number of carbonyl (C=O) groups excluding carboxylic acids is 1. The van der Waals surface area contributed by atoms with Crippen LogP contribution in [0.15, 0.2) is 42.5 Å². The SMILES string of the molecule is CCCCCCCCc1ccc(OC(=O)C2(c3ccc(CCC(C)C)cc3)CCCCC2)c(C#N)c1. The van der Waals surface area contributed by atoms with Gasteiger partial charge >= 0.3 is 5.97 Å². The largest absolute Gasteiger partial charge is 0.424 e. The molecule has 0 N–H and O–H groups in total. The Morgan fingerprint density at radius 3 is 2.25 bits per heavy atom. The van der Waals surface area contributed by atoms with E-state index in [1.165, 1.54) is 44.1 Å². The van der Waals surface area contributed by atoms with E-state index in [2.05, 4.69) is 51.1 Å². The summed E-state index contributed by atoms with van der Waals surface area (Å²) in [4.78, 5) is 13.7. The minimum absolute atomic E-state index is 0.211. The van der Waals surface area contributed by atoms with Gasteiger partial charge in [0.05, 0.1) is 11.0 Å². The monoisotopic (exact) mass is 487 g/mol. The van der Waals surface area contributed by atoms with Crippen molar-refractivity contribution in [2.24, 2.45) is 5.92 Å². The van der Waals surface area contributed by atoms with Gasteiger partial charge in [0.25, 0.3) is 0 Å². The Kier molecular flexibility index (Phi) is 11.1. The van der Waals surface area contributed by atoms with Crippen LogP contribution in [0.2, 0.25) is 0 Å². The normalized spacial score (nSPS) is 15.0. The predicted octanol–water partition coefficient (Wildman–Crippen LogP) is 8.86. The highest BCUT2D eigenvalue weighted by Crippen LogP contribution is 2.41. The van der Waals surface area contributed by atoms with E-state index in [1.54, 1.807) is 0 Å². The molecule has 0 atom stereocenters. The first-order chi connectivity index (χ1) is 17.5. The van der Waals surface area contributed by atoms with Crippen LogP contribution in [0.1, 0.15) is 120 Å². The van der Waals surface area contributed by atoms with E-state index in [-0.39, 0.29) is 5.97 Å². The summed E-state index contributed by atoms with van der Waals surface area (Å²) < 4.78 is 6.01. The molecule has 3 nitrogen and oxygen atoms in total. The molecule has 36 heavy (non-hydrogen) atoms. The van der Waals surface area contributed by atoms with Gasteiger partial charge in [0.15, 0.2) is 0 Å². The van der Waals surface area contributed by atoms with Gasteiger partial charge in [-0.25, -0.2) is 0 Å². The molecular weight excluding hydrogens is 442 g/mol. The average Bonchev–Trinajstić information content (AvgIpc) is 2.90. The Hall–Kier alpha value is -2.60. The van der Waals surface area contributed by atoms with Crippen LogP contribution in [-0.2, 0) is 23.1 Å². The first kappa shape index (κ1) is 28.0. The zero-order valence-corrected chi connectivity index (χ0v) is 22.8. The van der Waals surface area contributed by atoms with E-state index in [0.717, 1.165) is 62.5 Å². The summed E-state index contributed by atoms with van der Waals surface area (Å²) in [6.07, 6.45) is 15.5. The van der Waals surface area contributed by atoms with Crippen LogP contribution in [0.3, 0.4) is 0 Å². The number of nitriles is 1. The highest BCUT2D eigenvalue weighted by molar-refractivity contribution is 5.85. The Bertz CT molecular complexity index is 993. The molecule has 3 heteroatoms. The quantitative estimate of drug-likeness (QED) is 0.161. The molecule has 0 aliphatic heterocycles. The van der Waals surface area contributed by atoms with Crippen LogP contribution in [0.25, 0.3) is 0 Å². The van der Waals surface area contributed by atoms with Crippen molar-refractivity contribution in [3.63, 3.8) is 0 Å². The van der Waals surface area contributed by atoms with E-state index < -0.39 is 5.41 Å². The number of hydrogen-bond acceptors (Lipinski definition) is 3. The Morgan fingerprint density at radius 1 is 0.917 bits per heavy atom. The number of nitrogens with zero attached hydrogens (tertiary/aromatic N) is 1. The predicted molar refractivity (Wildman–Crippen MR) is 148 cm³/mol. The molecule has 0 heterocycles. The molecule has 0 aromatic heterocycles. The molecule has 0 spiro atoms. The van der Waals surface area contributed by atoms with Crippen molar-refractivity contribution in [1.29, 1.82) is 5.26 Å². The van der Waals surface area contributed by atoms with Crippen molar-refractivity contribution >= 4 is 5.97 Å². The van der Waals surface area contributed by atoms with Crippen molar-refractivity contribution in [2.75, 3.05) is 0 Å². The number of hydrogen-bond donors (Lipinski definition) is 0. The summed E-state index contributed by atoms with van der Waals surface area (Å²) in [6.45, 7) is 6.73. The maximum Gasteiger partial charge on any atom is 0.321 e. The van der Waals surface area contributed by atoms with Crippen molar-refractivity contribution in [1.82, 2.24) is 0 Å². The van der Waals surface area contributed by atoms with Crippen LogP contribution in [-0.4, -0.2) is 5.97 Å². The van der Waals surface area contributed by atoms with E-state index in [9.17, 15) is 10.1 Å². The fraction of sp³-hybridized carbons (Fsp3) is 0.576. The second-order valence-corrected chi connectivity index (χ2v) is 11.1. The first-order valence-corrected chi connectivity index (χ1v) is 14.3. The molecule has 0 radical (unpaired) electrons. The van der Waals surface area contributed by atoms with Gasteiger partial charge < -0.3 is 4.74 Å². The summed E-state index contributed by atoms with van der Waals surface area (Å²) in [7, 11) is 0. The van der Waals surface area contributed by atoms with Crippen LogP contribution in [0.5, 0.6) is 5.75 Å². The summed E-state index contributed by atoms with van der Waals surface area (Å²) in [5.74, 6) is 0.862. The van der Waals surface area contributed by atoms with Crippen molar-refractivity contribution in [3.8, 4) is 11.8 Å². The molecule has 0 amide bonds. The molecule has 0 unspecified atom stereocenters. The molecule has 1 saturated carbocycles. The summed E-state index contributed by atoms with van der Waals surface area (Å²) in [6, 6.07) is 16.7. The highest BCUT2D eigenvalue weighted by Gasteiger charge is 2.43. The first-order valence-electron chi connectivity index (χ1n) is 14.3. The second-order valence-electron chi connectivity index (χ2n) is 11.1. The molecular formula is C33H45NO2. The fourth-order valence-electron chi connectivity index (χ4n) is 5.43. The molecule has 1 aliphatic rings. The lowest BCUT2D eigenvalue weighted by Crippen LogP contribution is -2.41. The number of ether oxygens (including phenoxy) is 1. The maximum absolute atomic E-state index is 13.7. The minimum atomic E-state index is -0.626. The fourth-order valence-corrected chi connectivity index (χ4v) is 5.43. The maximum atomic E-state index is 13.7. The van der Waals surface area contributed by atoms with Gasteiger partial charge in [-0.15, -0.1) is 0 Å². The zero-order chi connectivity index (χ0) is 25.8. The number of benzene rings is 2. The van der Waals surface area contributed by atoms with Crippen LogP contribution in [0.4, 0.5) is 0 Å². The lowest BCUT2D eigenvalue weighted by molar-refractivity contribution is -0.142. The number of carbonyl (C=O) groups is 1. The molecule has 194 valence electrons. The van der Waals surface area contributed by atoms with E-state index in [0.29, 0.717) is 17.2 Å². The Labute approximate surface area is 219 Å². The van der Waals surface area contributed by atoms with Gasteiger partial charge in [-0.1, -0.05) is 102 Å². The lowest BCUT2D eigenvalue weighted by Gasteiger charge is -2.35. The smallest absolute Gasteiger partial charge is 0.321 e. The molecule has 2 aromatic carbocycles. The van der Waals surface area contributed by atoms with E-state index in [1.807, 2.05) is 18.2 Å². The molecule has 0 saturated heterocycles. The Morgan fingerprint density at radius 2 is 1.58 bits per heavy atom. The van der Waals surface area contributed by atoms with Gasteiger partial charge in [0.1, 0.15) is 11.8 Å². The summed E-state index contributed by atoms with van der Waals surface area (Å²) >= 11 is 0. The van der Waals surface area contributed by atoms with Gasteiger partial charge in [0.2, 0.25) is 0 Å². The lowest BCUT2D eigenvalue weighted by atomic mass is 9.69. The highest BCUT2D eigenvalue weighted by atomic mass is 16.5. The Balaban J connectivity index is 1.71. The van der Waals surface area contributed by atoms with Crippen LogP contribution in [0, 0.1) is 17.2 Å². The van der Waals surface area contributed by atoms with Gasteiger partial charge in [-0.3, -0.25) is 4.79 Å². The zero-order valence-electron chi connectivity index (χ0n) is 22.8. The number of esters is 1. The average molecular weight is 488 g/mol. The molecule has 3 rings (SSSR count). The third-order valence-corrected chi connectivity index (χ3v) is 7.80.